The number of nitrogens with zero attached hydrogens (tertiary/aromatic N) is 1. The summed E-state index contributed by atoms with van der Waals surface area (Å²) in [6.07, 6.45) is 0. The minimum Gasteiger partial charge on any atom is -0.508 e. The second-order valence-corrected chi connectivity index (χ2v) is 8.71. The number of phenols is 1. The van der Waals surface area contributed by atoms with Crippen molar-refractivity contribution in [3.8, 4) is 5.75 Å². The number of Topliss-reactive ketones (excluding diaryl/α,β-unsaturated/α-hetero) is 1. The molecule has 2 N–H and O–H groups in total. The lowest BCUT2D eigenvalue weighted by molar-refractivity contribution is -0.132. The van der Waals surface area contributed by atoms with Crippen LogP contribution in [0.5, 0.6) is 5.75 Å². The van der Waals surface area contributed by atoms with E-state index >= 15 is 0 Å². The summed E-state index contributed by atoms with van der Waals surface area (Å²) in [5.41, 5.74) is 0.662. The minimum atomic E-state index is -1.06. The van der Waals surface area contributed by atoms with E-state index in [1.54, 1.807) is 12.1 Å². The molecule has 32 heavy (non-hydrogen) atoms. The Kier molecular flexibility index (Phi) is 6.10. The maximum absolute atomic E-state index is 13.1. The van der Waals surface area contributed by atoms with Crippen molar-refractivity contribution in [2.24, 2.45) is 0 Å². The van der Waals surface area contributed by atoms with E-state index in [9.17, 15) is 19.8 Å². The number of amides is 1. The van der Waals surface area contributed by atoms with Crippen molar-refractivity contribution >= 4 is 69.5 Å². The highest BCUT2D eigenvalue weighted by molar-refractivity contribution is 6.52. The van der Waals surface area contributed by atoms with E-state index in [0.29, 0.717) is 5.56 Å². The predicted octanol–water partition coefficient (Wildman–Crippen LogP) is 6.63. The van der Waals surface area contributed by atoms with E-state index in [1.807, 2.05) is 0 Å². The number of carbonyl (C=O) groups excluding carboxylic acids is 2. The molecule has 1 amide bonds. The Bertz CT molecular complexity index is 1280. The molecule has 0 radical (unpaired) electrons. The Morgan fingerprint density at radius 3 is 2.16 bits per heavy atom. The molecule has 9 heteroatoms. The first-order chi connectivity index (χ1) is 15.2. The Morgan fingerprint density at radius 2 is 1.53 bits per heavy atom. The van der Waals surface area contributed by atoms with Crippen LogP contribution in [0.1, 0.15) is 17.2 Å². The standard InChI is InChI=1S/C23H13Cl4NO4/c24-13-8-14(25)10-15(9-13)28-20(11-2-1-3-16(29)6-11)19(22(31)23(28)32)21(30)12-4-5-17(26)18(27)7-12/h1-10,20,29-30H/b21-19+. The summed E-state index contributed by atoms with van der Waals surface area (Å²) < 4.78 is 0. The smallest absolute Gasteiger partial charge is 0.300 e. The predicted molar refractivity (Wildman–Crippen MR) is 126 cm³/mol. The van der Waals surface area contributed by atoms with Crippen LogP contribution in [0.25, 0.3) is 5.76 Å². The molecule has 0 bridgehead atoms. The molecule has 0 aromatic heterocycles. The SMILES string of the molecule is O=C1C(=O)N(c2cc(Cl)cc(Cl)c2)C(c2cccc(O)c2)/C1=C(\O)c1ccc(Cl)c(Cl)c1. The minimum absolute atomic E-state index is 0.0771. The van der Waals surface area contributed by atoms with Crippen molar-refractivity contribution in [2.45, 2.75) is 6.04 Å². The normalized spacial score (nSPS) is 17.8. The van der Waals surface area contributed by atoms with E-state index in [4.69, 9.17) is 46.4 Å². The van der Waals surface area contributed by atoms with Crippen molar-refractivity contribution in [3.63, 3.8) is 0 Å². The molecule has 1 aliphatic heterocycles. The van der Waals surface area contributed by atoms with Crippen molar-refractivity contribution < 1.29 is 19.8 Å². The maximum atomic E-state index is 13.1. The fourth-order valence-electron chi connectivity index (χ4n) is 3.59. The van der Waals surface area contributed by atoms with Crippen molar-refractivity contribution in [1.29, 1.82) is 0 Å². The first-order valence-corrected chi connectivity index (χ1v) is 10.7. The molecule has 5 nitrogen and oxygen atoms in total. The molecule has 1 heterocycles. The lowest BCUT2D eigenvalue weighted by Crippen LogP contribution is -2.29. The van der Waals surface area contributed by atoms with E-state index in [0.717, 1.165) is 0 Å². The molecule has 1 fully saturated rings. The van der Waals surface area contributed by atoms with Gasteiger partial charge < -0.3 is 10.2 Å². The molecule has 4 rings (SSSR count). The number of carbonyl (C=O) groups is 2. The summed E-state index contributed by atoms with van der Waals surface area (Å²) in [7, 11) is 0. The highest BCUT2D eigenvalue weighted by Gasteiger charge is 2.47. The van der Waals surface area contributed by atoms with Crippen molar-refractivity contribution in [3.05, 3.63) is 97.5 Å². The number of aliphatic hydroxyl groups is 1. The molecule has 3 aromatic carbocycles. The van der Waals surface area contributed by atoms with Gasteiger partial charge in [-0.15, -0.1) is 0 Å². The van der Waals surface area contributed by atoms with Gasteiger partial charge in [-0.2, -0.15) is 0 Å². The summed E-state index contributed by atoms with van der Waals surface area (Å²) >= 11 is 24.3. The van der Waals surface area contributed by atoms with E-state index in [2.05, 4.69) is 0 Å². The van der Waals surface area contributed by atoms with Gasteiger partial charge in [-0.05, 0) is 54.1 Å². The Hall–Kier alpha value is -2.70. The third-order valence-electron chi connectivity index (χ3n) is 4.95. The molecule has 0 spiro atoms. The molecule has 0 aliphatic carbocycles. The van der Waals surface area contributed by atoms with Gasteiger partial charge in [-0.3, -0.25) is 14.5 Å². The highest BCUT2D eigenvalue weighted by Crippen LogP contribution is 2.44. The number of aromatic hydroxyl groups is 1. The summed E-state index contributed by atoms with van der Waals surface area (Å²) in [6.45, 7) is 0. The van der Waals surface area contributed by atoms with Crippen molar-refractivity contribution in [2.75, 3.05) is 4.90 Å². The molecule has 1 unspecified atom stereocenters. The molecule has 1 atom stereocenters. The third kappa shape index (κ3) is 4.05. The first-order valence-electron chi connectivity index (χ1n) is 9.19. The van der Waals surface area contributed by atoms with Gasteiger partial charge >= 0.3 is 0 Å². The summed E-state index contributed by atoms with van der Waals surface area (Å²) in [5, 5.41) is 22.0. The van der Waals surface area contributed by atoms with Gasteiger partial charge in [0.25, 0.3) is 11.7 Å². The number of phenolic OH excluding ortho intramolecular Hbond substituents is 1. The number of aliphatic hydroxyl groups excluding tert-OH is 1. The molecule has 1 saturated heterocycles. The summed E-state index contributed by atoms with van der Waals surface area (Å²) in [4.78, 5) is 27.4. The zero-order valence-corrected chi connectivity index (χ0v) is 19.0. The average Bonchev–Trinajstić information content (AvgIpc) is 3.00. The average molecular weight is 509 g/mol. The zero-order chi connectivity index (χ0) is 23.2. The number of halogens is 4. The van der Waals surface area contributed by atoms with Gasteiger partial charge in [0.1, 0.15) is 11.5 Å². The quantitative estimate of drug-likeness (QED) is 0.236. The lowest BCUT2D eigenvalue weighted by Gasteiger charge is -2.26. The molecular formula is C23H13Cl4NO4. The van der Waals surface area contributed by atoms with Crippen LogP contribution in [-0.2, 0) is 9.59 Å². The fraction of sp³-hybridized carbons (Fsp3) is 0.0435. The Morgan fingerprint density at radius 1 is 0.844 bits per heavy atom. The number of rotatable bonds is 3. The molecular weight excluding hydrogens is 496 g/mol. The molecule has 3 aromatic rings. The number of benzene rings is 3. The van der Waals surface area contributed by atoms with E-state index in [-0.39, 0.29) is 42.7 Å². The molecule has 1 aliphatic rings. The van der Waals surface area contributed by atoms with Crippen LogP contribution in [0.3, 0.4) is 0 Å². The number of anilines is 1. The van der Waals surface area contributed by atoms with Crippen LogP contribution in [0.2, 0.25) is 20.1 Å². The molecule has 162 valence electrons. The second-order valence-electron chi connectivity index (χ2n) is 7.02. The first kappa shape index (κ1) is 22.5. The van der Waals surface area contributed by atoms with Gasteiger partial charge in [0.15, 0.2) is 0 Å². The van der Waals surface area contributed by atoms with Gasteiger partial charge in [-0.1, -0.05) is 58.5 Å². The Labute approximate surface area is 203 Å². The third-order valence-corrected chi connectivity index (χ3v) is 6.12. The van der Waals surface area contributed by atoms with E-state index < -0.39 is 23.5 Å². The fourth-order valence-corrected chi connectivity index (χ4v) is 4.40. The second kappa shape index (κ2) is 8.68. The van der Waals surface area contributed by atoms with Gasteiger partial charge in [0, 0.05) is 21.3 Å². The van der Waals surface area contributed by atoms with Gasteiger partial charge in [0.05, 0.1) is 21.7 Å². The van der Waals surface area contributed by atoms with Crippen LogP contribution in [-0.4, -0.2) is 21.9 Å². The number of hydrogen-bond donors (Lipinski definition) is 2. The van der Waals surface area contributed by atoms with Crippen LogP contribution < -0.4 is 4.90 Å². The van der Waals surface area contributed by atoms with Gasteiger partial charge in [-0.25, -0.2) is 0 Å². The van der Waals surface area contributed by atoms with E-state index in [1.165, 1.54) is 53.4 Å². The van der Waals surface area contributed by atoms with Crippen LogP contribution >= 0.6 is 46.4 Å². The van der Waals surface area contributed by atoms with Crippen molar-refractivity contribution in [1.82, 2.24) is 0 Å². The Balaban J connectivity index is 1.99. The summed E-state index contributed by atoms with van der Waals surface area (Å²) in [5.74, 6) is -2.33. The monoisotopic (exact) mass is 507 g/mol. The van der Waals surface area contributed by atoms with Crippen LogP contribution in [0.15, 0.2) is 66.2 Å². The maximum Gasteiger partial charge on any atom is 0.300 e. The summed E-state index contributed by atoms with van der Waals surface area (Å²) in [6, 6.07) is 13.8. The number of ketones is 1. The zero-order valence-electron chi connectivity index (χ0n) is 16.0. The van der Waals surface area contributed by atoms with Crippen LogP contribution in [0.4, 0.5) is 5.69 Å². The van der Waals surface area contributed by atoms with Crippen LogP contribution in [0, 0.1) is 0 Å². The number of hydrogen-bond acceptors (Lipinski definition) is 4. The largest absolute Gasteiger partial charge is 0.508 e. The topological polar surface area (TPSA) is 77.8 Å². The lowest BCUT2D eigenvalue weighted by atomic mass is 9.95. The highest BCUT2D eigenvalue weighted by atomic mass is 35.5. The van der Waals surface area contributed by atoms with Gasteiger partial charge in [0.2, 0.25) is 0 Å². The molecule has 0 saturated carbocycles.